The van der Waals surface area contributed by atoms with E-state index in [-0.39, 0.29) is 12.0 Å². The standard InChI is InChI=1S/C24H24F3N3O7/c25-24(26,27)16-8(11-2-1-3-30-11)6-12(31)14-9(16)4-7-5-10-17(28)19(33)15(22(29)36)21(35)23(10,37)20(34)13(7)18(14)32/h6-7,10-11,17,30-32,35,37H,1-5,28H2,(H2,29,36)/t7-,10-,11-,17-,23-/m0/s1. The number of phenolic OH excluding ortho intramolecular Hbond substituents is 1. The van der Waals surface area contributed by atoms with Crippen LogP contribution >= 0.6 is 0 Å². The number of hydrogen-bond donors (Lipinski definition) is 7. The van der Waals surface area contributed by atoms with E-state index in [4.69, 9.17) is 11.5 Å². The van der Waals surface area contributed by atoms with Gasteiger partial charge in [0.15, 0.2) is 11.4 Å². The number of aromatic hydroxyl groups is 1. The van der Waals surface area contributed by atoms with E-state index in [1.807, 2.05) is 0 Å². The molecule has 1 saturated heterocycles. The molecule has 9 N–H and O–H groups in total. The second-order valence-electron chi connectivity index (χ2n) is 9.94. The van der Waals surface area contributed by atoms with E-state index in [2.05, 4.69) is 5.32 Å². The highest BCUT2D eigenvalue weighted by Crippen LogP contribution is 2.54. The molecule has 0 radical (unpaired) electrons. The average molecular weight is 523 g/mol. The number of ketones is 2. The van der Waals surface area contributed by atoms with Crippen LogP contribution in [0.3, 0.4) is 0 Å². The molecule has 0 aromatic heterocycles. The number of alkyl halides is 3. The average Bonchev–Trinajstić information content (AvgIpc) is 3.33. The minimum atomic E-state index is -4.87. The number of nitrogens with one attached hydrogen (secondary N) is 1. The first-order valence-corrected chi connectivity index (χ1v) is 11.6. The van der Waals surface area contributed by atoms with Crippen molar-refractivity contribution in [2.24, 2.45) is 23.3 Å². The molecular formula is C24H24F3N3O7. The molecule has 1 aromatic rings. The van der Waals surface area contributed by atoms with Crippen LogP contribution in [0.1, 0.15) is 47.6 Å². The number of carbonyl (C=O) groups excluding carboxylic acids is 3. The van der Waals surface area contributed by atoms with Crippen LogP contribution in [0.5, 0.6) is 5.75 Å². The minimum absolute atomic E-state index is 0.188. The molecule has 1 amide bonds. The third-order valence-electron chi connectivity index (χ3n) is 8.00. The number of aliphatic hydroxyl groups is 3. The molecule has 13 heteroatoms. The Balaban J connectivity index is 1.75. The molecular weight excluding hydrogens is 499 g/mol. The number of amides is 1. The van der Waals surface area contributed by atoms with Crippen LogP contribution in [0.25, 0.3) is 5.76 Å². The summed E-state index contributed by atoms with van der Waals surface area (Å²) < 4.78 is 43.2. The first-order valence-electron chi connectivity index (χ1n) is 11.6. The van der Waals surface area contributed by atoms with Crippen molar-refractivity contribution in [3.05, 3.63) is 45.2 Å². The molecule has 5 atom stereocenters. The maximum absolute atomic E-state index is 14.4. The van der Waals surface area contributed by atoms with E-state index in [0.717, 1.165) is 6.07 Å². The molecule has 3 aliphatic carbocycles. The Morgan fingerprint density at radius 2 is 1.86 bits per heavy atom. The van der Waals surface area contributed by atoms with Gasteiger partial charge in [-0.1, -0.05) is 0 Å². The molecule has 4 aliphatic rings. The molecule has 5 rings (SSSR count). The topological polar surface area (TPSA) is 196 Å². The lowest BCUT2D eigenvalue weighted by molar-refractivity contribution is -0.149. The van der Waals surface area contributed by atoms with Crippen LogP contribution in [0.15, 0.2) is 23.0 Å². The van der Waals surface area contributed by atoms with Crippen molar-refractivity contribution in [2.45, 2.75) is 49.5 Å². The molecule has 1 heterocycles. The molecule has 0 spiro atoms. The van der Waals surface area contributed by atoms with Crippen molar-refractivity contribution in [3.63, 3.8) is 0 Å². The summed E-state index contributed by atoms with van der Waals surface area (Å²) in [6, 6.07) is -1.45. The van der Waals surface area contributed by atoms with Crippen molar-refractivity contribution in [1.82, 2.24) is 5.32 Å². The van der Waals surface area contributed by atoms with Gasteiger partial charge in [-0.15, -0.1) is 0 Å². The summed E-state index contributed by atoms with van der Waals surface area (Å²) in [6.07, 6.45) is -4.69. The number of carbonyl (C=O) groups is 3. The number of Topliss-reactive ketones (excluding diaryl/α,β-unsaturated/α-hetero) is 2. The van der Waals surface area contributed by atoms with E-state index in [0.29, 0.717) is 19.4 Å². The Kier molecular flexibility index (Phi) is 5.48. The van der Waals surface area contributed by atoms with Crippen LogP contribution in [-0.4, -0.2) is 56.1 Å². The predicted molar refractivity (Wildman–Crippen MR) is 120 cm³/mol. The lowest BCUT2D eigenvalue weighted by Gasteiger charge is -2.48. The fourth-order valence-corrected chi connectivity index (χ4v) is 6.38. The molecule has 37 heavy (non-hydrogen) atoms. The number of benzene rings is 1. The normalized spacial score (nSPS) is 31.8. The summed E-state index contributed by atoms with van der Waals surface area (Å²) in [4.78, 5) is 37.9. The van der Waals surface area contributed by atoms with Gasteiger partial charge in [0.25, 0.3) is 5.91 Å². The van der Waals surface area contributed by atoms with Gasteiger partial charge in [-0.2, -0.15) is 13.2 Å². The number of fused-ring (bicyclic) bond motifs is 3. The minimum Gasteiger partial charge on any atom is -0.508 e. The Morgan fingerprint density at radius 1 is 1.19 bits per heavy atom. The molecule has 1 aromatic carbocycles. The predicted octanol–water partition coefficient (Wildman–Crippen LogP) is 0.804. The van der Waals surface area contributed by atoms with Gasteiger partial charge < -0.3 is 37.2 Å². The fourth-order valence-electron chi connectivity index (χ4n) is 6.38. The largest absolute Gasteiger partial charge is 0.508 e. The Morgan fingerprint density at radius 3 is 2.43 bits per heavy atom. The zero-order valence-electron chi connectivity index (χ0n) is 19.2. The summed E-state index contributed by atoms with van der Waals surface area (Å²) >= 11 is 0. The maximum atomic E-state index is 14.4. The van der Waals surface area contributed by atoms with E-state index >= 15 is 0 Å². The number of nitrogens with two attached hydrogens (primary N) is 2. The first-order chi connectivity index (χ1) is 17.2. The monoisotopic (exact) mass is 523 g/mol. The smallest absolute Gasteiger partial charge is 0.417 e. The van der Waals surface area contributed by atoms with E-state index < -0.39 is 105 Å². The van der Waals surface area contributed by atoms with Crippen LogP contribution in [0.4, 0.5) is 13.2 Å². The van der Waals surface area contributed by atoms with Crippen LogP contribution < -0.4 is 16.8 Å². The summed E-state index contributed by atoms with van der Waals surface area (Å²) in [5.41, 5.74) is 4.28. The van der Waals surface area contributed by atoms with E-state index in [9.17, 15) is 48.0 Å². The van der Waals surface area contributed by atoms with Crippen molar-refractivity contribution < 1.29 is 48.0 Å². The van der Waals surface area contributed by atoms with Crippen LogP contribution in [-0.2, 0) is 27.0 Å². The summed E-state index contributed by atoms with van der Waals surface area (Å²) in [5.74, 6) is -9.56. The number of halogens is 3. The molecule has 0 bridgehead atoms. The number of phenols is 1. The maximum Gasteiger partial charge on any atom is 0.417 e. The number of aliphatic hydroxyl groups excluding tert-OH is 2. The highest BCUT2D eigenvalue weighted by atomic mass is 19.4. The van der Waals surface area contributed by atoms with Crippen molar-refractivity contribution >= 4 is 23.2 Å². The van der Waals surface area contributed by atoms with Gasteiger partial charge in [-0.3, -0.25) is 14.4 Å². The van der Waals surface area contributed by atoms with Gasteiger partial charge in [0.2, 0.25) is 5.78 Å². The van der Waals surface area contributed by atoms with Crippen molar-refractivity contribution in [2.75, 3.05) is 6.54 Å². The van der Waals surface area contributed by atoms with E-state index in [1.54, 1.807) is 0 Å². The van der Waals surface area contributed by atoms with Gasteiger partial charge >= 0.3 is 6.18 Å². The van der Waals surface area contributed by atoms with Crippen molar-refractivity contribution in [1.29, 1.82) is 0 Å². The number of primary amides is 1. The SMILES string of the molecule is NC(=O)C1=C(O)[C@@]2(O)C(=O)C3=C(O)c4c(O)cc([C@@H]5CCCN5)c(C(F)(F)F)c4C[C@H]3C[C@H]2[C@H](N)C1=O. The summed E-state index contributed by atoms with van der Waals surface area (Å²) in [6.45, 7) is 0.489. The molecule has 198 valence electrons. The van der Waals surface area contributed by atoms with Crippen LogP contribution in [0, 0.1) is 11.8 Å². The quantitative estimate of drug-likeness (QED) is 0.274. The van der Waals surface area contributed by atoms with E-state index in [1.165, 1.54) is 0 Å². The number of rotatable bonds is 2. The van der Waals surface area contributed by atoms with Gasteiger partial charge in [-0.25, -0.2) is 0 Å². The second kappa shape index (κ2) is 8.04. The highest BCUT2D eigenvalue weighted by Gasteiger charge is 2.63. The highest BCUT2D eigenvalue weighted by molar-refractivity contribution is 6.24. The third-order valence-corrected chi connectivity index (χ3v) is 8.00. The number of hydrogen-bond acceptors (Lipinski definition) is 9. The molecule has 2 fully saturated rings. The third kappa shape index (κ3) is 3.33. The lowest BCUT2D eigenvalue weighted by Crippen LogP contribution is -2.65. The summed E-state index contributed by atoms with van der Waals surface area (Å²) in [7, 11) is 0. The molecule has 0 unspecified atom stereocenters. The van der Waals surface area contributed by atoms with Gasteiger partial charge in [0.1, 0.15) is 22.8 Å². The van der Waals surface area contributed by atoms with Gasteiger partial charge in [0.05, 0.1) is 17.2 Å². The zero-order valence-corrected chi connectivity index (χ0v) is 19.2. The lowest BCUT2D eigenvalue weighted by atomic mass is 9.57. The summed E-state index contributed by atoms with van der Waals surface area (Å²) in [5, 5.41) is 46.6. The van der Waals surface area contributed by atoms with Crippen LogP contribution in [0.2, 0.25) is 0 Å². The first kappa shape index (κ1) is 25.2. The Hall–Kier alpha value is -3.42. The second-order valence-corrected chi connectivity index (χ2v) is 9.94. The van der Waals surface area contributed by atoms with Gasteiger partial charge in [0, 0.05) is 17.5 Å². The van der Waals surface area contributed by atoms with Crippen molar-refractivity contribution in [3.8, 4) is 5.75 Å². The zero-order chi connectivity index (χ0) is 27.2. The van der Waals surface area contributed by atoms with Gasteiger partial charge in [-0.05, 0) is 55.3 Å². The molecule has 10 nitrogen and oxygen atoms in total. The Bertz CT molecular complexity index is 1330. The molecule has 1 aliphatic heterocycles. The fraction of sp³-hybridized carbons (Fsp3) is 0.458. The molecule has 1 saturated carbocycles. The Labute approximate surface area is 207 Å².